The number of carbonyl (C=O) groups is 1. The van der Waals surface area contributed by atoms with E-state index in [1.165, 1.54) is 19.2 Å². The monoisotopic (exact) mass is 405 g/mol. The van der Waals surface area contributed by atoms with E-state index in [2.05, 4.69) is 10.2 Å². The predicted molar refractivity (Wildman–Crippen MR) is 96.9 cm³/mol. The average Bonchev–Trinajstić information content (AvgIpc) is 3.34. The molecule has 6 nitrogen and oxygen atoms in total. The van der Waals surface area contributed by atoms with Gasteiger partial charge in [0.2, 0.25) is 0 Å². The van der Waals surface area contributed by atoms with E-state index in [9.17, 15) is 18.0 Å². The van der Waals surface area contributed by atoms with E-state index in [0.29, 0.717) is 36.5 Å². The number of H-pyrrole nitrogens is 1. The third kappa shape index (κ3) is 3.77. The third-order valence-corrected chi connectivity index (χ3v) is 4.87. The number of hydrogen-bond donors (Lipinski definition) is 1. The fourth-order valence-corrected chi connectivity index (χ4v) is 3.39. The highest BCUT2D eigenvalue weighted by atomic mass is 19.4. The minimum Gasteiger partial charge on any atom is -0.453 e. The Balaban J connectivity index is 1.56. The summed E-state index contributed by atoms with van der Waals surface area (Å²) in [5.41, 5.74) is 2.07. The van der Waals surface area contributed by atoms with Gasteiger partial charge in [-0.2, -0.15) is 18.3 Å². The number of furan rings is 1. The minimum absolute atomic E-state index is 0.222. The van der Waals surface area contributed by atoms with Crippen LogP contribution in [0.3, 0.4) is 0 Å². The van der Waals surface area contributed by atoms with Gasteiger partial charge in [0, 0.05) is 36.9 Å². The van der Waals surface area contributed by atoms with Gasteiger partial charge in [-0.25, -0.2) is 0 Å². The minimum atomic E-state index is -4.39. The van der Waals surface area contributed by atoms with Gasteiger partial charge in [0.25, 0.3) is 5.91 Å². The molecule has 0 bridgehead atoms. The van der Waals surface area contributed by atoms with Gasteiger partial charge in [0.05, 0.1) is 17.8 Å². The van der Waals surface area contributed by atoms with Crippen molar-refractivity contribution in [3.8, 4) is 11.3 Å². The van der Waals surface area contributed by atoms with Gasteiger partial charge in [0.1, 0.15) is 12.4 Å². The largest absolute Gasteiger partial charge is 0.453 e. The lowest BCUT2D eigenvalue weighted by Crippen LogP contribution is -2.35. The summed E-state index contributed by atoms with van der Waals surface area (Å²) in [6, 6.07) is 8.15. The predicted octanol–water partition coefficient (Wildman–Crippen LogP) is 4.03. The van der Waals surface area contributed by atoms with Crippen LogP contribution in [0.2, 0.25) is 0 Å². The molecule has 1 amide bonds. The second kappa shape index (κ2) is 7.40. The molecule has 0 saturated carbocycles. The van der Waals surface area contributed by atoms with Crippen LogP contribution in [0.4, 0.5) is 13.2 Å². The normalized spacial score (nSPS) is 14.1. The summed E-state index contributed by atoms with van der Waals surface area (Å²) < 4.78 is 48.9. The fraction of sp³-hybridized carbons (Fsp3) is 0.300. The molecule has 0 aliphatic carbocycles. The molecule has 0 saturated heterocycles. The summed E-state index contributed by atoms with van der Waals surface area (Å²) in [6.07, 6.45) is -3.82. The SMILES string of the molecule is COCc1ccc(C(=O)N2CCc3[nH]nc(-c4ccc(C(F)(F)F)cc4)c3C2)o1. The van der Waals surface area contributed by atoms with Crippen LogP contribution in [0.15, 0.2) is 40.8 Å². The standard InChI is InChI=1S/C20H18F3N3O3/c1-28-11-14-6-7-17(29-14)19(27)26-9-8-16-15(10-26)18(25-24-16)12-2-4-13(5-3-12)20(21,22)23/h2-7H,8-11H2,1H3,(H,24,25). The van der Waals surface area contributed by atoms with Gasteiger partial charge < -0.3 is 14.1 Å². The molecule has 9 heteroatoms. The topological polar surface area (TPSA) is 71.4 Å². The molecule has 1 N–H and O–H groups in total. The highest BCUT2D eigenvalue weighted by molar-refractivity contribution is 5.91. The Morgan fingerprint density at radius 3 is 2.69 bits per heavy atom. The number of ether oxygens (including phenoxy) is 1. The Bertz CT molecular complexity index is 1020. The average molecular weight is 405 g/mol. The van der Waals surface area contributed by atoms with Gasteiger partial charge in [-0.3, -0.25) is 9.89 Å². The van der Waals surface area contributed by atoms with Crippen LogP contribution in [-0.4, -0.2) is 34.7 Å². The molecule has 3 aromatic rings. The van der Waals surface area contributed by atoms with Crippen LogP contribution in [0.5, 0.6) is 0 Å². The maximum absolute atomic E-state index is 12.8. The number of alkyl halides is 3. The molecule has 0 spiro atoms. The quantitative estimate of drug-likeness (QED) is 0.711. The Morgan fingerprint density at radius 1 is 1.24 bits per heavy atom. The smallest absolute Gasteiger partial charge is 0.416 e. The molecule has 29 heavy (non-hydrogen) atoms. The highest BCUT2D eigenvalue weighted by Gasteiger charge is 2.31. The fourth-order valence-electron chi connectivity index (χ4n) is 3.39. The van der Waals surface area contributed by atoms with Crippen molar-refractivity contribution in [2.45, 2.75) is 25.7 Å². The molecule has 1 aliphatic heterocycles. The molecule has 0 unspecified atom stereocenters. The van der Waals surface area contributed by atoms with Crippen LogP contribution >= 0.6 is 0 Å². The molecular weight excluding hydrogens is 387 g/mol. The van der Waals surface area contributed by atoms with Crippen molar-refractivity contribution >= 4 is 5.91 Å². The number of halogens is 3. The molecule has 152 valence electrons. The lowest BCUT2D eigenvalue weighted by atomic mass is 10.00. The second-order valence-corrected chi connectivity index (χ2v) is 6.78. The van der Waals surface area contributed by atoms with Crippen molar-refractivity contribution < 1.29 is 27.1 Å². The van der Waals surface area contributed by atoms with Gasteiger partial charge in [-0.15, -0.1) is 0 Å². The van der Waals surface area contributed by atoms with Crippen LogP contribution < -0.4 is 0 Å². The summed E-state index contributed by atoms with van der Waals surface area (Å²) in [4.78, 5) is 14.4. The molecule has 3 heterocycles. The van der Waals surface area contributed by atoms with Crippen LogP contribution in [-0.2, 0) is 30.5 Å². The van der Waals surface area contributed by atoms with Crippen LogP contribution in [0.1, 0.15) is 33.1 Å². The van der Waals surface area contributed by atoms with Crippen molar-refractivity contribution in [1.82, 2.24) is 15.1 Å². The van der Waals surface area contributed by atoms with Crippen LogP contribution in [0.25, 0.3) is 11.3 Å². The Labute approximate surface area is 164 Å². The zero-order valence-corrected chi connectivity index (χ0v) is 15.5. The second-order valence-electron chi connectivity index (χ2n) is 6.78. The Morgan fingerprint density at radius 2 is 2.00 bits per heavy atom. The van der Waals surface area contributed by atoms with E-state index in [1.807, 2.05) is 0 Å². The molecule has 0 atom stereocenters. The zero-order chi connectivity index (χ0) is 20.6. The first-order valence-corrected chi connectivity index (χ1v) is 8.97. The molecule has 4 rings (SSSR count). The van der Waals surface area contributed by atoms with E-state index >= 15 is 0 Å². The number of rotatable bonds is 4. The number of carbonyl (C=O) groups excluding carboxylic acids is 1. The molecule has 2 aromatic heterocycles. The molecular formula is C20H18F3N3O3. The van der Waals surface area contributed by atoms with E-state index in [-0.39, 0.29) is 18.3 Å². The molecule has 1 aromatic carbocycles. The lowest BCUT2D eigenvalue weighted by Gasteiger charge is -2.26. The number of amides is 1. The van der Waals surface area contributed by atoms with Gasteiger partial charge in [0.15, 0.2) is 5.76 Å². The van der Waals surface area contributed by atoms with Crippen molar-refractivity contribution in [1.29, 1.82) is 0 Å². The van der Waals surface area contributed by atoms with E-state index in [0.717, 1.165) is 23.4 Å². The number of nitrogens with one attached hydrogen (secondary N) is 1. The zero-order valence-electron chi connectivity index (χ0n) is 15.5. The maximum atomic E-state index is 12.8. The third-order valence-electron chi connectivity index (χ3n) is 4.87. The Kier molecular flexibility index (Phi) is 4.91. The van der Waals surface area contributed by atoms with Crippen molar-refractivity contribution in [3.63, 3.8) is 0 Å². The van der Waals surface area contributed by atoms with Crippen molar-refractivity contribution in [2.24, 2.45) is 0 Å². The number of benzene rings is 1. The summed E-state index contributed by atoms with van der Waals surface area (Å²) in [5, 5.41) is 7.21. The summed E-state index contributed by atoms with van der Waals surface area (Å²) >= 11 is 0. The number of methoxy groups -OCH3 is 1. The van der Waals surface area contributed by atoms with Crippen LogP contribution in [0, 0.1) is 0 Å². The highest BCUT2D eigenvalue weighted by Crippen LogP contribution is 2.33. The van der Waals surface area contributed by atoms with E-state index in [1.54, 1.807) is 17.0 Å². The number of fused-ring (bicyclic) bond motifs is 1. The summed E-state index contributed by atoms with van der Waals surface area (Å²) in [6.45, 7) is 1.05. The van der Waals surface area contributed by atoms with Crippen molar-refractivity contribution in [2.75, 3.05) is 13.7 Å². The van der Waals surface area contributed by atoms with Gasteiger partial charge >= 0.3 is 6.18 Å². The van der Waals surface area contributed by atoms with E-state index in [4.69, 9.17) is 9.15 Å². The van der Waals surface area contributed by atoms with Gasteiger partial charge in [-0.05, 0) is 24.3 Å². The lowest BCUT2D eigenvalue weighted by molar-refractivity contribution is -0.137. The number of nitrogens with zero attached hydrogens (tertiary/aromatic N) is 2. The summed E-state index contributed by atoms with van der Waals surface area (Å²) in [7, 11) is 1.54. The Hall–Kier alpha value is -3.07. The first-order valence-electron chi connectivity index (χ1n) is 8.97. The molecule has 1 aliphatic rings. The number of aromatic nitrogens is 2. The number of aromatic amines is 1. The molecule has 0 radical (unpaired) electrons. The first-order chi connectivity index (χ1) is 13.9. The van der Waals surface area contributed by atoms with Crippen molar-refractivity contribution in [3.05, 3.63) is 64.7 Å². The maximum Gasteiger partial charge on any atom is 0.416 e. The summed E-state index contributed by atoms with van der Waals surface area (Å²) in [5.74, 6) is 0.528. The number of hydrogen-bond acceptors (Lipinski definition) is 4. The van der Waals surface area contributed by atoms with Gasteiger partial charge in [-0.1, -0.05) is 12.1 Å². The first kappa shape index (κ1) is 19.3. The molecule has 0 fully saturated rings. The van der Waals surface area contributed by atoms with E-state index < -0.39 is 11.7 Å².